The highest BCUT2D eigenvalue weighted by atomic mass is 16.5. The number of hydrogen-bond donors (Lipinski definition) is 0. The predicted octanol–water partition coefficient (Wildman–Crippen LogP) is 3.31. The zero-order valence-electron chi connectivity index (χ0n) is 10.3. The molecule has 0 aliphatic rings. The van der Waals surface area contributed by atoms with Gasteiger partial charge >= 0.3 is 5.97 Å². The molecule has 1 aromatic rings. The van der Waals surface area contributed by atoms with Crippen molar-refractivity contribution in [2.45, 2.75) is 39.5 Å². The predicted molar refractivity (Wildman–Crippen MR) is 65.5 cm³/mol. The highest BCUT2D eigenvalue weighted by Gasteiger charge is 2.11. The molecular weight excluding hydrogens is 200 g/mol. The van der Waals surface area contributed by atoms with Crippen LogP contribution in [0.5, 0.6) is 0 Å². The first-order chi connectivity index (χ1) is 7.67. The number of benzene rings is 1. The first kappa shape index (κ1) is 12.8. The molecule has 88 valence electrons. The van der Waals surface area contributed by atoms with E-state index >= 15 is 0 Å². The van der Waals surface area contributed by atoms with Crippen molar-refractivity contribution in [1.29, 1.82) is 0 Å². The molecule has 0 saturated carbocycles. The van der Waals surface area contributed by atoms with Crippen molar-refractivity contribution < 1.29 is 9.53 Å². The van der Waals surface area contributed by atoms with E-state index in [-0.39, 0.29) is 11.9 Å². The number of esters is 1. The molecule has 2 heteroatoms. The molecule has 0 aliphatic heterocycles. The monoisotopic (exact) mass is 220 g/mol. The summed E-state index contributed by atoms with van der Waals surface area (Å²) in [4.78, 5) is 11.3. The Bertz CT molecular complexity index is 327. The van der Waals surface area contributed by atoms with Gasteiger partial charge < -0.3 is 4.74 Å². The van der Waals surface area contributed by atoms with Gasteiger partial charge in [-0.2, -0.15) is 0 Å². The number of hydrogen-bond acceptors (Lipinski definition) is 2. The fourth-order valence-corrected chi connectivity index (χ4v) is 1.67. The molecule has 0 N–H and O–H groups in total. The van der Waals surface area contributed by atoms with Crippen LogP contribution >= 0.6 is 0 Å². The molecule has 0 radical (unpaired) electrons. The van der Waals surface area contributed by atoms with Crippen LogP contribution in [0.3, 0.4) is 0 Å². The molecule has 0 fully saturated rings. The summed E-state index contributed by atoms with van der Waals surface area (Å²) in [5.41, 5.74) is 2.53. The minimum absolute atomic E-state index is 0.116. The van der Waals surface area contributed by atoms with Crippen LogP contribution < -0.4 is 0 Å². The fourth-order valence-electron chi connectivity index (χ4n) is 1.67. The van der Waals surface area contributed by atoms with E-state index < -0.39 is 0 Å². The van der Waals surface area contributed by atoms with Crippen LogP contribution in [0.25, 0.3) is 0 Å². The quantitative estimate of drug-likeness (QED) is 0.712. The van der Waals surface area contributed by atoms with Gasteiger partial charge in [0.2, 0.25) is 0 Å². The molecule has 0 heterocycles. The van der Waals surface area contributed by atoms with Crippen molar-refractivity contribution in [3.05, 3.63) is 35.4 Å². The lowest BCUT2D eigenvalue weighted by molar-refractivity contribution is -0.143. The highest BCUT2D eigenvalue weighted by molar-refractivity contribution is 5.70. The summed E-state index contributed by atoms with van der Waals surface area (Å²) in [6.07, 6.45) is 1.51. The summed E-state index contributed by atoms with van der Waals surface area (Å²) in [6.45, 7) is 6.48. The Balaban J connectivity index is 2.58. The molecular formula is C14H20O2. The fraction of sp³-hybridized carbons (Fsp3) is 0.500. The summed E-state index contributed by atoms with van der Waals surface area (Å²) in [6, 6.07) is 8.44. The maximum absolute atomic E-state index is 11.3. The van der Waals surface area contributed by atoms with Crippen LogP contribution in [0.4, 0.5) is 0 Å². The van der Waals surface area contributed by atoms with E-state index in [1.54, 1.807) is 0 Å². The Labute approximate surface area is 97.6 Å². The van der Waals surface area contributed by atoms with Crippen LogP contribution in [-0.2, 0) is 16.0 Å². The lowest BCUT2D eigenvalue weighted by Crippen LogP contribution is -2.08. The third-order valence-corrected chi connectivity index (χ3v) is 2.74. The van der Waals surface area contributed by atoms with E-state index in [1.807, 2.05) is 6.92 Å². The molecule has 1 rings (SSSR count). The lowest BCUT2D eigenvalue weighted by atomic mass is 9.96. The number of carbonyl (C=O) groups excluding carboxylic acids is 1. The van der Waals surface area contributed by atoms with Gasteiger partial charge in [0.25, 0.3) is 0 Å². The SMILES string of the molecule is CCOC(=O)CC(C)c1ccc(CC)cc1. The maximum atomic E-state index is 11.3. The zero-order chi connectivity index (χ0) is 12.0. The summed E-state index contributed by atoms with van der Waals surface area (Å²) in [5, 5.41) is 0. The largest absolute Gasteiger partial charge is 0.466 e. The molecule has 0 bridgehead atoms. The van der Waals surface area contributed by atoms with Crippen LogP contribution in [-0.4, -0.2) is 12.6 Å². The van der Waals surface area contributed by atoms with Gasteiger partial charge in [0, 0.05) is 0 Å². The second kappa shape index (κ2) is 6.31. The van der Waals surface area contributed by atoms with Crippen LogP contribution in [0.15, 0.2) is 24.3 Å². The maximum Gasteiger partial charge on any atom is 0.306 e. The average Bonchev–Trinajstić information content (AvgIpc) is 2.29. The topological polar surface area (TPSA) is 26.3 Å². The van der Waals surface area contributed by atoms with Gasteiger partial charge in [-0.15, -0.1) is 0 Å². The van der Waals surface area contributed by atoms with E-state index in [2.05, 4.69) is 38.1 Å². The van der Waals surface area contributed by atoms with E-state index in [0.717, 1.165) is 6.42 Å². The van der Waals surface area contributed by atoms with Gasteiger partial charge in [-0.05, 0) is 30.4 Å². The Kier molecular flexibility index (Phi) is 5.03. The van der Waals surface area contributed by atoms with Gasteiger partial charge in [0.15, 0.2) is 0 Å². The molecule has 1 atom stereocenters. The van der Waals surface area contributed by atoms with Crippen molar-refractivity contribution in [3.63, 3.8) is 0 Å². The van der Waals surface area contributed by atoms with Crippen LogP contribution in [0.2, 0.25) is 0 Å². The third-order valence-electron chi connectivity index (χ3n) is 2.74. The molecule has 0 aromatic heterocycles. The first-order valence-corrected chi connectivity index (χ1v) is 5.91. The van der Waals surface area contributed by atoms with E-state index in [4.69, 9.17) is 4.74 Å². The number of carbonyl (C=O) groups is 1. The highest BCUT2D eigenvalue weighted by Crippen LogP contribution is 2.20. The standard InChI is InChI=1S/C14H20O2/c1-4-12-6-8-13(9-7-12)11(3)10-14(15)16-5-2/h6-9,11H,4-5,10H2,1-3H3. The molecule has 1 aromatic carbocycles. The van der Waals surface area contributed by atoms with Gasteiger partial charge in [-0.3, -0.25) is 4.79 Å². The summed E-state index contributed by atoms with van der Waals surface area (Å²) < 4.78 is 4.94. The Morgan fingerprint density at radius 1 is 1.25 bits per heavy atom. The molecule has 0 spiro atoms. The Morgan fingerprint density at radius 3 is 2.38 bits per heavy atom. The third kappa shape index (κ3) is 3.69. The van der Waals surface area contributed by atoms with Crippen molar-refractivity contribution >= 4 is 5.97 Å². The smallest absolute Gasteiger partial charge is 0.306 e. The van der Waals surface area contributed by atoms with Crippen molar-refractivity contribution in [3.8, 4) is 0 Å². The minimum Gasteiger partial charge on any atom is -0.466 e. The Morgan fingerprint density at radius 2 is 1.88 bits per heavy atom. The zero-order valence-corrected chi connectivity index (χ0v) is 10.3. The minimum atomic E-state index is -0.116. The van der Waals surface area contributed by atoms with Crippen molar-refractivity contribution in [1.82, 2.24) is 0 Å². The summed E-state index contributed by atoms with van der Waals surface area (Å²) >= 11 is 0. The lowest BCUT2D eigenvalue weighted by Gasteiger charge is -2.11. The van der Waals surface area contributed by atoms with Crippen LogP contribution in [0, 0.1) is 0 Å². The van der Waals surface area contributed by atoms with Crippen molar-refractivity contribution in [2.75, 3.05) is 6.61 Å². The van der Waals surface area contributed by atoms with Gasteiger partial charge in [-0.25, -0.2) is 0 Å². The normalized spacial score (nSPS) is 12.2. The van der Waals surface area contributed by atoms with Gasteiger partial charge in [0.05, 0.1) is 13.0 Å². The van der Waals surface area contributed by atoms with Crippen LogP contribution in [0.1, 0.15) is 44.2 Å². The van der Waals surface area contributed by atoms with Crippen molar-refractivity contribution in [2.24, 2.45) is 0 Å². The number of aryl methyl sites for hydroxylation is 1. The van der Waals surface area contributed by atoms with E-state index in [9.17, 15) is 4.79 Å². The average molecular weight is 220 g/mol. The number of rotatable bonds is 5. The van der Waals surface area contributed by atoms with E-state index in [1.165, 1.54) is 11.1 Å². The summed E-state index contributed by atoms with van der Waals surface area (Å²) in [5.74, 6) is 0.111. The number of ether oxygens (including phenoxy) is 1. The van der Waals surface area contributed by atoms with Gasteiger partial charge in [-0.1, -0.05) is 38.1 Å². The molecule has 1 unspecified atom stereocenters. The van der Waals surface area contributed by atoms with E-state index in [0.29, 0.717) is 13.0 Å². The molecule has 0 aliphatic carbocycles. The second-order valence-corrected chi connectivity index (χ2v) is 4.01. The van der Waals surface area contributed by atoms with Gasteiger partial charge in [0.1, 0.15) is 0 Å². The molecule has 0 saturated heterocycles. The Hall–Kier alpha value is -1.31. The second-order valence-electron chi connectivity index (χ2n) is 4.01. The molecule has 16 heavy (non-hydrogen) atoms. The molecule has 2 nitrogen and oxygen atoms in total. The molecule has 0 amide bonds. The first-order valence-electron chi connectivity index (χ1n) is 5.91. The summed E-state index contributed by atoms with van der Waals surface area (Å²) in [7, 11) is 0.